The molecular weight excluding hydrogens is 378 g/mol. The normalized spacial score (nSPS) is 9.61. The molecule has 23 heavy (non-hydrogen) atoms. The van der Waals surface area contributed by atoms with Crippen molar-refractivity contribution in [3.8, 4) is 11.8 Å². The number of nitrogens with zero attached hydrogens (tertiary/aromatic N) is 1. The van der Waals surface area contributed by atoms with Crippen LogP contribution in [0.2, 0.25) is 0 Å². The molecule has 0 aromatic heterocycles. The Bertz CT molecular complexity index is 802. The van der Waals surface area contributed by atoms with E-state index in [2.05, 4.69) is 26.6 Å². The van der Waals surface area contributed by atoms with Gasteiger partial charge in [0, 0.05) is 11.3 Å². The van der Waals surface area contributed by atoms with Gasteiger partial charge in [0.25, 0.3) is 5.91 Å². The van der Waals surface area contributed by atoms with Crippen molar-refractivity contribution in [3.05, 3.63) is 58.1 Å². The number of amides is 1. The second-order valence-corrected chi connectivity index (χ2v) is 5.71. The van der Waals surface area contributed by atoms with E-state index in [-0.39, 0.29) is 11.0 Å². The summed E-state index contributed by atoms with van der Waals surface area (Å²) < 4.78 is 5.79. The number of benzene rings is 2. The quantitative estimate of drug-likeness (QED) is 0.786. The minimum absolute atomic E-state index is 0.150. The first-order chi connectivity index (χ1) is 11.0. The van der Waals surface area contributed by atoms with Gasteiger partial charge < -0.3 is 10.1 Å². The summed E-state index contributed by atoms with van der Waals surface area (Å²) in [6, 6.07) is 13.8. The molecule has 0 saturated carbocycles. The summed E-state index contributed by atoms with van der Waals surface area (Å²) in [5, 5.41) is 14.5. The first-order valence-corrected chi connectivity index (χ1v) is 7.69. The lowest BCUT2D eigenvalue weighted by Gasteiger charge is -2.10. The fourth-order valence-corrected chi connectivity index (χ4v) is 2.56. The maximum absolute atomic E-state index is 12.2. The highest BCUT2D eigenvalue weighted by atomic mass is 79.9. The molecule has 0 saturated heterocycles. The van der Waals surface area contributed by atoms with Gasteiger partial charge in [-0.15, -0.1) is 0 Å². The van der Waals surface area contributed by atoms with Crippen LogP contribution in [-0.2, 0) is 0 Å². The van der Waals surface area contributed by atoms with Crippen LogP contribution in [0.25, 0.3) is 0 Å². The third kappa shape index (κ3) is 4.52. The topological polar surface area (TPSA) is 74.2 Å². The molecule has 2 rings (SSSR count). The van der Waals surface area contributed by atoms with Crippen molar-refractivity contribution in [1.82, 2.24) is 5.32 Å². The van der Waals surface area contributed by atoms with Crippen LogP contribution in [0.4, 0.5) is 5.69 Å². The molecule has 2 N–H and O–H groups in total. The van der Waals surface area contributed by atoms with Gasteiger partial charge in [-0.3, -0.25) is 10.1 Å². The number of nitrogens with one attached hydrogen (secondary N) is 2. The average molecular weight is 390 g/mol. The Hall–Kier alpha value is -2.43. The Morgan fingerprint density at radius 3 is 2.74 bits per heavy atom. The molecule has 0 fully saturated rings. The molecule has 7 heteroatoms. The van der Waals surface area contributed by atoms with E-state index < -0.39 is 0 Å². The van der Waals surface area contributed by atoms with E-state index in [4.69, 9.17) is 22.2 Å². The smallest absolute Gasteiger partial charge is 0.257 e. The van der Waals surface area contributed by atoms with Crippen molar-refractivity contribution in [2.75, 3.05) is 12.4 Å². The van der Waals surface area contributed by atoms with Gasteiger partial charge in [-0.1, -0.05) is 6.07 Å². The molecule has 0 aliphatic carbocycles. The van der Waals surface area contributed by atoms with Crippen LogP contribution < -0.4 is 15.4 Å². The van der Waals surface area contributed by atoms with Crippen LogP contribution in [0.5, 0.6) is 5.75 Å². The zero-order valence-electron chi connectivity index (χ0n) is 12.1. The van der Waals surface area contributed by atoms with Crippen LogP contribution in [-0.4, -0.2) is 18.1 Å². The summed E-state index contributed by atoms with van der Waals surface area (Å²) >= 11 is 8.44. The maximum Gasteiger partial charge on any atom is 0.257 e. The number of carbonyl (C=O) groups excluding carboxylic acids is 1. The number of anilines is 1. The molecule has 2 aromatic rings. The lowest BCUT2D eigenvalue weighted by Crippen LogP contribution is -2.34. The minimum Gasteiger partial charge on any atom is -0.496 e. The van der Waals surface area contributed by atoms with Crippen molar-refractivity contribution in [2.45, 2.75) is 0 Å². The van der Waals surface area contributed by atoms with Gasteiger partial charge in [-0.2, -0.15) is 5.26 Å². The van der Waals surface area contributed by atoms with E-state index in [0.29, 0.717) is 27.0 Å². The van der Waals surface area contributed by atoms with Crippen LogP contribution in [0.3, 0.4) is 0 Å². The number of halogens is 1. The lowest BCUT2D eigenvalue weighted by molar-refractivity contribution is 0.0977. The van der Waals surface area contributed by atoms with Gasteiger partial charge in [-0.05, 0) is 64.5 Å². The third-order valence-electron chi connectivity index (χ3n) is 2.89. The van der Waals surface area contributed by atoms with Gasteiger partial charge >= 0.3 is 0 Å². The summed E-state index contributed by atoms with van der Waals surface area (Å²) in [5.41, 5.74) is 1.57. The number of hydrogen-bond donors (Lipinski definition) is 2. The molecular formula is C16H12BrN3O2S. The summed E-state index contributed by atoms with van der Waals surface area (Å²) in [7, 11) is 1.55. The largest absolute Gasteiger partial charge is 0.496 e. The molecule has 0 bridgehead atoms. The van der Waals surface area contributed by atoms with E-state index in [1.165, 1.54) is 0 Å². The molecule has 0 atom stereocenters. The van der Waals surface area contributed by atoms with Crippen molar-refractivity contribution in [2.24, 2.45) is 0 Å². The van der Waals surface area contributed by atoms with E-state index in [1.807, 2.05) is 6.07 Å². The SMILES string of the molecule is COc1ccc(C(=O)NC(=S)Nc2cccc(C#N)c2)cc1Br. The molecule has 0 aliphatic heterocycles. The molecule has 0 aliphatic rings. The Balaban J connectivity index is 2.03. The highest BCUT2D eigenvalue weighted by Crippen LogP contribution is 2.25. The van der Waals surface area contributed by atoms with Crippen molar-refractivity contribution < 1.29 is 9.53 Å². The predicted molar refractivity (Wildman–Crippen MR) is 95.5 cm³/mol. The first kappa shape index (κ1) is 16.9. The Kier molecular flexibility index (Phi) is 5.68. The fourth-order valence-electron chi connectivity index (χ4n) is 1.81. The zero-order valence-corrected chi connectivity index (χ0v) is 14.5. The number of hydrogen-bond acceptors (Lipinski definition) is 4. The van der Waals surface area contributed by atoms with Gasteiger partial charge in [0.15, 0.2) is 5.11 Å². The summed E-state index contributed by atoms with van der Waals surface area (Å²) in [4.78, 5) is 12.2. The standard InChI is InChI=1S/C16H12BrN3O2S/c1-22-14-6-5-11(8-13(14)17)15(21)20-16(23)19-12-4-2-3-10(7-12)9-18/h2-8H,1H3,(H2,19,20,21,23). The Morgan fingerprint density at radius 1 is 1.30 bits per heavy atom. The molecule has 0 unspecified atom stereocenters. The predicted octanol–water partition coefficient (Wildman–Crippen LogP) is 3.46. The Labute approximate surface area is 147 Å². The number of ether oxygens (including phenoxy) is 1. The highest BCUT2D eigenvalue weighted by Gasteiger charge is 2.10. The zero-order chi connectivity index (χ0) is 16.8. The van der Waals surface area contributed by atoms with Gasteiger partial charge in [0.1, 0.15) is 5.75 Å². The summed E-state index contributed by atoms with van der Waals surface area (Å²) in [6.07, 6.45) is 0. The lowest BCUT2D eigenvalue weighted by atomic mass is 10.2. The monoisotopic (exact) mass is 389 g/mol. The average Bonchev–Trinajstić information content (AvgIpc) is 2.54. The van der Waals surface area contributed by atoms with Gasteiger partial charge in [-0.25, -0.2) is 0 Å². The minimum atomic E-state index is -0.345. The van der Waals surface area contributed by atoms with Crippen LogP contribution in [0.1, 0.15) is 15.9 Å². The van der Waals surface area contributed by atoms with Gasteiger partial charge in [0.2, 0.25) is 0 Å². The van der Waals surface area contributed by atoms with E-state index >= 15 is 0 Å². The molecule has 1 amide bonds. The van der Waals surface area contributed by atoms with E-state index in [1.54, 1.807) is 49.6 Å². The Morgan fingerprint density at radius 2 is 2.09 bits per heavy atom. The van der Waals surface area contributed by atoms with Crippen LogP contribution in [0, 0.1) is 11.3 Å². The first-order valence-electron chi connectivity index (χ1n) is 6.49. The third-order valence-corrected chi connectivity index (χ3v) is 3.71. The van der Waals surface area contributed by atoms with Crippen molar-refractivity contribution in [3.63, 3.8) is 0 Å². The molecule has 5 nitrogen and oxygen atoms in total. The van der Waals surface area contributed by atoms with Crippen LogP contribution in [0.15, 0.2) is 46.9 Å². The van der Waals surface area contributed by atoms with E-state index in [0.717, 1.165) is 0 Å². The molecule has 116 valence electrons. The number of nitriles is 1. The molecule has 0 radical (unpaired) electrons. The molecule has 0 spiro atoms. The fraction of sp³-hybridized carbons (Fsp3) is 0.0625. The summed E-state index contributed by atoms with van der Waals surface area (Å²) in [6.45, 7) is 0. The van der Waals surface area contributed by atoms with Gasteiger partial charge in [0.05, 0.1) is 23.2 Å². The van der Waals surface area contributed by atoms with E-state index in [9.17, 15) is 4.79 Å². The highest BCUT2D eigenvalue weighted by molar-refractivity contribution is 9.10. The van der Waals surface area contributed by atoms with Crippen molar-refractivity contribution >= 4 is 44.9 Å². The second kappa shape index (κ2) is 7.72. The van der Waals surface area contributed by atoms with Crippen molar-refractivity contribution in [1.29, 1.82) is 5.26 Å². The number of thiocarbonyl (C=S) groups is 1. The molecule has 2 aromatic carbocycles. The maximum atomic E-state index is 12.2. The second-order valence-electron chi connectivity index (χ2n) is 4.45. The number of rotatable bonds is 3. The van der Waals surface area contributed by atoms with Crippen LogP contribution >= 0.6 is 28.1 Å². The molecule has 0 heterocycles. The number of carbonyl (C=O) groups is 1. The number of methoxy groups -OCH3 is 1. The summed E-state index contributed by atoms with van der Waals surface area (Å²) in [5.74, 6) is 0.290.